The van der Waals surface area contributed by atoms with Crippen molar-refractivity contribution in [2.75, 3.05) is 11.9 Å². The number of carbonyl (C=O) groups excluding carboxylic acids is 1. The summed E-state index contributed by atoms with van der Waals surface area (Å²) in [5, 5.41) is 12.3. The highest BCUT2D eigenvalue weighted by Gasteiger charge is 2.31. The first kappa shape index (κ1) is 20.7. The highest BCUT2D eigenvalue weighted by Crippen LogP contribution is 2.41. The summed E-state index contributed by atoms with van der Waals surface area (Å²) in [5.41, 5.74) is 1.53. The van der Waals surface area contributed by atoms with E-state index >= 15 is 0 Å². The lowest BCUT2D eigenvalue weighted by molar-refractivity contribution is -0.153. The zero-order valence-corrected chi connectivity index (χ0v) is 16.0. The molecule has 0 aliphatic carbocycles. The summed E-state index contributed by atoms with van der Waals surface area (Å²) in [4.78, 5) is 23.7. The zero-order valence-electron chi connectivity index (χ0n) is 15.2. The summed E-state index contributed by atoms with van der Waals surface area (Å²) in [7, 11) is 0. The van der Waals surface area contributed by atoms with E-state index in [0.29, 0.717) is 22.4 Å². The van der Waals surface area contributed by atoms with Gasteiger partial charge in [0.05, 0.1) is 0 Å². The van der Waals surface area contributed by atoms with Gasteiger partial charge >= 0.3 is 12.1 Å². The van der Waals surface area contributed by atoms with E-state index in [0.717, 1.165) is 16.9 Å². The summed E-state index contributed by atoms with van der Waals surface area (Å²) in [6.45, 7) is 0.243. The van der Waals surface area contributed by atoms with E-state index in [1.165, 1.54) is 6.07 Å². The zero-order chi connectivity index (χ0) is 21.2. The van der Waals surface area contributed by atoms with Gasteiger partial charge in [-0.25, -0.2) is 4.79 Å². The molecule has 3 aromatic rings. The van der Waals surface area contributed by atoms with Crippen molar-refractivity contribution in [3.05, 3.63) is 58.5 Å². The van der Waals surface area contributed by atoms with Gasteiger partial charge in [0.1, 0.15) is 0 Å². The number of nitrogens with one attached hydrogen (secondary N) is 1. The molecule has 1 amide bonds. The highest BCUT2D eigenvalue weighted by atomic mass is 32.1. The second-order valence-corrected chi connectivity index (χ2v) is 7.20. The maximum atomic E-state index is 12.6. The smallest absolute Gasteiger partial charge is 0.422 e. The first-order valence-electron chi connectivity index (χ1n) is 8.58. The molecular formula is C20H16F3NO4S. The Morgan fingerprint density at radius 2 is 1.86 bits per heavy atom. The topological polar surface area (TPSA) is 75.6 Å². The normalized spacial score (nSPS) is 11.4. The van der Waals surface area contributed by atoms with Gasteiger partial charge in [-0.2, -0.15) is 13.2 Å². The average molecular weight is 423 g/mol. The van der Waals surface area contributed by atoms with Gasteiger partial charge in [-0.1, -0.05) is 25.1 Å². The standard InChI is InChI=1S/C20H16F3NO4S/c1-2-11-8-15-13(9-14(11)24-18(25)12-6-4-3-5-7-12)16(17(29-15)19(26)27)28-10-20(21,22)23/h3-9H,2,10H2,1H3,(H,24,25)(H,26,27). The Bertz CT molecular complexity index is 1060. The number of fused-ring (bicyclic) bond motifs is 1. The molecule has 0 aliphatic rings. The molecule has 2 aromatic carbocycles. The summed E-state index contributed by atoms with van der Waals surface area (Å²) in [6.07, 6.45) is -4.09. The van der Waals surface area contributed by atoms with Crippen molar-refractivity contribution in [1.82, 2.24) is 0 Å². The molecule has 0 radical (unpaired) electrons. The summed E-state index contributed by atoms with van der Waals surface area (Å²) < 4.78 is 43.1. The molecule has 1 heterocycles. The van der Waals surface area contributed by atoms with Crippen LogP contribution in [-0.4, -0.2) is 29.8 Å². The molecule has 9 heteroatoms. The van der Waals surface area contributed by atoms with Gasteiger partial charge in [0.15, 0.2) is 17.2 Å². The number of halogens is 3. The van der Waals surface area contributed by atoms with E-state index in [9.17, 15) is 27.9 Å². The molecule has 2 N–H and O–H groups in total. The lowest BCUT2D eigenvalue weighted by atomic mass is 10.1. The molecule has 5 nitrogen and oxygen atoms in total. The largest absolute Gasteiger partial charge is 0.482 e. The summed E-state index contributed by atoms with van der Waals surface area (Å²) in [5.74, 6) is -2.12. The number of benzene rings is 2. The van der Waals surface area contributed by atoms with Gasteiger partial charge in [0, 0.05) is 21.3 Å². The molecular weight excluding hydrogens is 407 g/mol. The molecule has 0 saturated carbocycles. The third-order valence-electron chi connectivity index (χ3n) is 4.11. The Hall–Kier alpha value is -3.07. The van der Waals surface area contributed by atoms with Crippen LogP contribution in [0.4, 0.5) is 18.9 Å². The van der Waals surface area contributed by atoms with Gasteiger partial charge in [-0.3, -0.25) is 4.79 Å². The van der Waals surface area contributed by atoms with Gasteiger partial charge in [-0.05, 0) is 36.2 Å². The Balaban J connectivity index is 2.06. The fraction of sp³-hybridized carbons (Fsp3) is 0.200. The predicted molar refractivity (Wildman–Crippen MR) is 104 cm³/mol. The SMILES string of the molecule is CCc1cc2sc(C(=O)O)c(OCC(F)(F)F)c2cc1NC(=O)c1ccccc1. The minimum atomic E-state index is -4.61. The Morgan fingerprint density at radius 3 is 2.45 bits per heavy atom. The quantitative estimate of drug-likeness (QED) is 0.560. The Kier molecular flexibility index (Phi) is 5.78. The summed E-state index contributed by atoms with van der Waals surface area (Å²) in [6, 6.07) is 11.6. The fourth-order valence-electron chi connectivity index (χ4n) is 2.79. The van der Waals surface area contributed by atoms with Crippen LogP contribution in [0.2, 0.25) is 0 Å². The van der Waals surface area contributed by atoms with Crippen molar-refractivity contribution in [3.8, 4) is 5.75 Å². The van der Waals surface area contributed by atoms with Crippen molar-refractivity contribution in [3.63, 3.8) is 0 Å². The van der Waals surface area contributed by atoms with Gasteiger partial charge < -0.3 is 15.2 Å². The molecule has 1 aromatic heterocycles. The number of rotatable bonds is 6. The van der Waals surface area contributed by atoms with Crippen LogP contribution in [0.25, 0.3) is 10.1 Å². The van der Waals surface area contributed by atoms with Crippen LogP contribution in [0.3, 0.4) is 0 Å². The number of alkyl halides is 3. The third kappa shape index (κ3) is 4.68. The highest BCUT2D eigenvalue weighted by molar-refractivity contribution is 7.21. The minimum absolute atomic E-state index is 0.206. The number of carboxylic acids is 1. The molecule has 0 atom stereocenters. The molecule has 0 unspecified atom stereocenters. The van der Waals surface area contributed by atoms with Crippen molar-refractivity contribution in [1.29, 1.82) is 0 Å². The monoisotopic (exact) mass is 423 g/mol. The number of thiophene rings is 1. The van der Waals surface area contributed by atoms with Crippen molar-refractivity contribution in [2.45, 2.75) is 19.5 Å². The number of hydrogen-bond acceptors (Lipinski definition) is 4. The molecule has 3 rings (SSSR count). The predicted octanol–water partition coefficient (Wildman–Crippen LogP) is 5.36. The van der Waals surface area contributed by atoms with Crippen molar-refractivity contribution < 1.29 is 32.6 Å². The maximum Gasteiger partial charge on any atom is 0.422 e. The van der Waals surface area contributed by atoms with Gasteiger partial charge in [-0.15, -0.1) is 11.3 Å². The van der Waals surface area contributed by atoms with Gasteiger partial charge in [0.2, 0.25) is 0 Å². The van der Waals surface area contributed by atoms with E-state index < -0.39 is 18.8 Å². The van der Waals surface area contributed by atoms with Crippen LogP contribution in [0.1, 0.15) is 32.5 Å². The number of hydrogen-bond donors (Lipinski definition) is 2. The second kappa shape index (κ2) is 8.12. The Labute approximate surface area is 167 Å². The maximum absolute atomic E-state index is 12.6. The molecule has 29 heavy (non-hydrogen) atoms. The number of amides is 1. The van der Waals surface area contributed by atoms with E-state index in [1.54, 1.807) is 36.4 Å². The number of carbonyl (C=O) groups is 2. The van der Waals surface area contributed by atoms with E-state index in [-0.39, 0.29) is 21.9 Å². The molecule has 0 spiro atoms. The second-order valence-electron chi connectivity index (χ2n) is 6.15. The number of aryl methyl sites for hydroxylation is 1. The number of anilines is 1. The molecule has 0 aliphatic heterocycles. The van der Waals surface area contributed by atoms with Crippen LogP contribution in [-0.2, 0) is 6.42 Å². The summed E-state index contributed by atoms with van der Waals surface area (Å²) >= 11 is 0.831. The van der Waals surface area contributed by atoms with E-state index in [4.69, 9.17) is 4.74 Å². The number of carboxylic acid groups (broad SMARTS) is 1. The van der Waals surface area contributed by atoms with Gasteiger partial charge in [0.25, 0.3) is 5.91 Å². The molecule has 0 fully saturated rings. The Morgan fingerprint density at radius 1 is 1.17 bits per heavy atom. The average Bonchev–Trinajstić information content (AvgIpc) is 3.03. The minimum Gasteiger partial charge on any atom is -0.482 e. The van der Waals surface area contributed by atoms with E-state index in [2.05, 4.69) is 5.32 Å². The van der Waals surface area contributed by atoms with Crippen LogP contribution in [0.5, 0.6) is 5.75 Å². The van der Waals surface area contributed by atoms with Crippen molar-refractivity contribution >= 4 is 39.0 Å². The third-order valence-corrected chi connectivity index (χ3v) is 5.23. The van der Waals surface area contributed by atoms with E-state index in [1.807, 2.05) is 6.92 Å². The molecule has 0 bridgehead atoms. The van der Waals surface area contributed by atoms with Crippen LogP contribution in [0.15, 0.2) is 42.5 Å². The van der Waals surface area contributed by atoms with Crippen LogP contribution >= 0.6 is 11.3 Å². The number of ether oxygens (including phenoxy) is 1. The first-order valence-corrected chi connectivity index (χ1v) is 9.40. The first-order chi connectivity index (χ1) is 13.7. The van der Waals surface area contributed by atoms with Crippen LogP contribution < -0.4 is 10.1 Å². The van der Waals surface area contributed by atoms with Crippen molar-refractivity contribution in [2.24, 2.45) is 0 Å². The number of aromatic carboxylic acids is 1. The molecule has 0 saturated heterocycles. The lowest BCUT2D eigenvalue weighted by Crippen LogP contribution is -2.19. The lowest BCUT2D eigenvalue weighted by Gasteiger charge is -2.12. The fourth-order valence-corrected chi connectivity index (χ4v) is 3.82. The van der Waals surface area contributed by atoms with Crippen LogP contribution in [0, 0.1) is 0 Å². The molecule has 152 valence electrons.